The van der Waals surface area contributed by atoms with Crippen LogP contribution in [0.4, 0.5) is 4.79 Å². The quantitative estimate of drug-likeness (QED) is 0.795. The molecule has 2 amide bonds. The molecule has 1 aliphatic carbocycles. The zero-order valence-electron chi connectivity index (χ0n) is 15.6. The molecule has 26 heavy (non-hydrogen) atoms. The second-order valence-corrected chi connectivity index (χ2v) is 8.73. The van der Waals surface area contributed by atoms with Gasteiger partial charge in [0, 0.05) is 56.2 Å². The van der Waals surface area contributed by atoms with E-state index in [-0.39, 0.29) is 6.03 Å². The minimum absolute atomic E-state index is 0.143. The molecule has 2 N–H and O–H groups in total. The number of benzene rings is 1. The van der Waals surface area contributed by atoms with Crippen molar-refractivity contribution in [2.24, 2.45) is 5.92 Å². The zero-order chi connectivity index (χ0) is 17.9. The Morgan fingerprint density at radius 1 is 1.19 bits per heavy atom. The second kappa shape index (κ2) is 8.19. The van der Waals surface area contributed by atoms with Crippen LogP contribution in [0, 0.1) is 5.92 Å². The molecule has 1 aromatic carbocycles. The number of rotatable bonds is 4. The number of piperazine rings is 1. The van der Waals surface area contributed by atoms with Crippen LogP contribution in [0.15, 0.2) is 29.2 Å². The van der Waals surface area contributed by atoms with Crippen LogP contribution in [-0.4, -0.2) is 66.9 Å². The van der Waals surface area contributed by atoms with Crippen molar-refractivity contribution in [3.63, 3.8) is 0 Å². The van der Waals surface area contributed by atoms with Crippen molar-refractivity contribution in [1.29, 1.82) is 0 Å². The van der Waals surface area contributed by atoms with E-state index in [4.69, 9.17) is 0 Å². The Labute approximate surface area is 160 Å². The summed E-state index contributed by atoms with van der Waals surface area (Å²) in [5, 5.41) is 6.88. The van der Waals surface area contributed by atoms with Gasteiger partial charge >= 0.3 is 6.03 Å². The number of thioether (sulfide) groups is 1. The van der Waals surface area contributed by atoms with Gasteiger partial charge < -0.3 is 15.5 Å². The molecule has 142 valence electrons. The molecule has 2 saturated heterocycles. The van der Waals surface area contributed by atoms with Crippen LogP contribution in [0.1, 0.15) is 24.8 Å². The Morgan fingerprint density at radius 2 is 1.96 bits per heavy atom. The average Bonchev–Trinajstić information content (AvgIpc) is 3.07. The van der Waals surface area contributed by atoms with E-state index in [0.29, 0.717) is 18.0 Å². The fraction of sp³-hybridized carbons (Fsp3) is 0.650. The first-order chi connectivity index (χ1) is 12.7. The third kappa shape index (κ3) is 4.18. The number of hydrogen-bond donors (Lipinski definition) is 2. The van der Waals surface area contributed by atoms with E-state index in [2.05, 4.69) is 46.1 Å². The van der Waals surface area contributed by atoms with Crippen LogP contribution in [0.2, 0.25) is 0 Å². The van der Waals surface area contributed by atoms with Gasteiger partial charge in [0.15, 0.2) is 0 Å². The predicted molar refractivity (Wildman–Crippen MR) is 107 cm³/mol. The average molecular weight is 375 g/mol. The molecule has 6 heteroatoms. The van der Waals surface area contributed by atoms with Gasteiger partial charge in [0.25, 0.3) is 0 Å². The lowest BCUT2D eigenvalue weighted by atomic mass is 9.86. The summed E-state index contributed by atoms with van der Waals surface area (Å²) in [6.07, 6.45) is 5.66. The van der Waals surface area contributed by atoms with E-state index < -0.39 is 0 Å². The van der Waals surface area contributed by atoms with Crippen molar-refractivity contribution in [3.05, 3.63) is 29.8 Å². The number of carbonyl (C=O) groups is 1. The molecule has 2 aliphatic heterocycles. The van der Waals surface area contributed by atoms with Crippen LogP contribution >= 0.6 is 11.8 Å². The first kappa shape index (κ1) is 18.1. The molecular weight excluding hydrogens is 344 g/mol. The summed E-state index contributed by atoms with van der Waals surface area (Å²) < 4.78 is 0. The lowest BCUT2D eigenvalue weighted by molar-refractivity contribution is 0.130. The number of carbonyl (C=O) groups excluding carboxylic acids is 1. The number of fused-ring (bicyclic) bond motifs is 2. The largest absolute Gasteiger partial charge is 0.335 e. The summed E-state index contributed by atoms with van der Waals surface area (Å²) >= 11 is 1.78. The third-order valence-electron chi connectivity index (χ3n) is 6.18. The van der Waals surface area contributed by atoms with Crippen LogP contribution < -0.4 is 10.6 Å². The maximum absolute atomic E-state index is 12.7. The molecule has 3 unspecified atom stereocenters. The lowest BCUT2D eigenvalue weighted by Gasteiger charge is -2.37. The molecule has 1 aromatic rings. The Balaban J connectivity index is 1.23. The van der Waals surface area contributed by atoms with Crippen molar-refractivity contribution in [1.82, 2.24) is 20.4 Å². The van der Waals surface area contributed by atoms with Crippen LogP contribution in [0.5, 0.6) is 0 Å². The Bertz CT molecular complexity index is 615. The summed E-state index contributed by atoms with van der Waals surface area (Å²) in [6, 6.07) is 10.0. The van der Waals surface area contributed by atoms with Crippen LogP contribution in [0.25, 0.3) is 0 Å². The standard InChI is InChI=1S/C20H30N4OS/c1-26-18-5-2-15(3-6-18)14-23-8-10-24(11-9-23)20(25)22-19-7-4-17-12-16(19)13-21-17/h2-3,5-6,16-17,19,21H,4,7-14H2,1H3,(H,22,25). The van der Waals surface area contributed by atoms with Crippen LogP contribution in [-0.2, 0) is 6.54 Å². The van der Waals surface area contributed by atoms with Crippen molar-refractivity contribution < 1.29 is 4.79 Å². The van der Waals surface area contributed by atoms with E-state index in [0.717, 1.165) is 45.7 Å². The predicted octanol–water partition coefficient (Wildman–Crippen LogP) is 2.38. The molecule has 0 aromatic heterocycles. The van der Waals surface area contributed by atoms with E-state index in [1.165, 1.54) is 23.3 Å². The second-order valence-electron chi connectivity index (χ2n) is 7.85. The van der Waals surface area contributed by atoms with Crippen molar-refractivity contribution in [2.45, 2.75) is 42.8 Å². The first-order valence-electron chi connectivity index (χ1n) is 9.85. The molecular formula is C20H30N4OS. The molecule has 1 saturated carbocycles. The fourth-order valence-corrected chi connectivity index (χ4v) is 4.94. The highest BCUT2D eigenvalue weighted by Gasteiger charge is 2.36. The molecule has 2 heterocycles. The highest BCUT2D eigenvalue weighted by molar-refractivity contribution is 7.98. The minimum atomic E-state index is 0.143. The molecule has 2 bridgehead atoms. The van der Waals surface area contributed by atoms with Gasteiger partial charge in [-0.15, -0.1) is 11.8 Å². The summed E-state index contributed by atoms with van der Waals surface area (Å²) in [5.41, 5.74) is 1.35. The number of hydrogen-bond acceptors (Lipinski definition) is 4. The topological polar surface area (TPSA) is 47.6 Å². The Kier molecular flexibility index (Phi) is 5.72. The number of nitrogens with zero attached hydrogens (tertiary/aromatic N) is 2. The normalized spacial score (nSPS) is 29.0. The summed E-state index contributed by atoms with van der Waals surface area (Å²) in [5.74, 6) is 0.628. The van der Waals surface area contributed by atoms with Gasteiger partial charge in [0.2, 0.25) is 0 Å². The Hall–Kier alpha value is -1.24. The van der Waals surface area contributed by atoms with Crippen LogP contribution in [0.3, 0.4) is 0 Å². The van der Waals surface area contributed by atoms with E-state index in [1.807, 2.05) is 4.90 Å². The summed E-state index contributed by atoms with van der Waals surface area (Å²) in [7, 11) is 0. The van der Waals surface area contributed by atoms with Gasteiger partial charge in [-0.3, -0.25) is 4.90 Å². The van der Waals surface area contributed by atoms with Crippen molar-refractivity contribution >= 4 is 17.8 Å². The smallest absolute Gasteiger partial charge is 0.317 e. The zero-order valence-corrected chi connectivity index (χ0v) is 16.4. The highest BCUT2D eigenvalue weighted by atomic mass is 32.2. The Morgan fingerprint density at radius 3 is 2.69 bits per heavy atom. The van der Waals surface area contributed by atoms with Crippen molar-refractivity contribution in [2.75, 3.05) is 39.0 Å². The molecule has 0 spiro atoms. The SMILES string of the molecule is CSc1ccc(CN2CCN(C(=O)NC3CCC4CC3CN4)CC2)cc1. The van der Waals surface area contributed by atoms with Gasteiger partial charge in [-0.1, -0.05) is 12.1 Å². The van der Waals surface area contributed by atoms with Gasteiger partial charge in [0.1, 0.15) is 0 Å². The molecule has 3 atom stereocenters. The highest BCUT2D eigenvalue weighted by Crippen LogP contribution is 2.29. The third-order valence-corrected chi connectivity index (χ3v) is 6.93. The van der Waals surface area contributed by atoms with E-state index >= 15 is 0 Å². The number of nitrogens with one attached hydrogen (secondary N) is 2. The molecule has 3 fully saturated rings. The van der Waals surface area contributed by atoms with Gasteiger partial charge in [-0.2, -0.15) is 0 Å². The number of urea groups is 1. The summed E-state index contributed by atoms with van der Waals surface area (Å²) in [6.45, 7) is 5.60. The first-order valence-corrected chi connectivity index (χ1v) is 11.1. The molecule has 4 rings (SSSR count). The van der Waals surface area contributed by atoms with Gasteiger partial charge in [0.05, 0.1) is 0 Å². The van der Waals surface area contributed by atoms with E-state index in [9.17, 15) is 4.79 Å². The monoisotopic (exact) mass is 374 g/mol. The van der Waals surface area contributed by atoms with E-state index in [1.54, 1.807) is 11.8 Å². The van der Waals surface area contributed by atoms with Gasteiger partial charge in [-0.25, -0.2) is 4.79 Å². The molecule has 5 nitrogen and oxygen atoms in total. The fourth-order valence-electron chi connectivity index (χ4n) is 4.53. The lowest BCUT2D eigenvalue weighted by Crippen LogP contribution is -2.54. The molecule has 0 radical (unpaired) electrons. The van der Waals surface area contributed by atoms with Gasteiger partial charge in [-0.05, 0) is 49.1 Å². The maximum Gasteiger partial charge on any atom is 0.317 e. The molecule has 3 aliphatic rings. The summed E-state index contributed by atoms with van der Waals surface area (Å²) in [4.78, 5) is 18.4. The number of amides is 2. The minimum Gasteiger partial charge on any atom is -0.335 e. The van der Waals surface area contributed by atoms with Crippen molar-refractivity contribution in [3.8, 4) is 0 Å². The maximum atomic E-state index is 12.7.